The normalized spacial score (nSPS) is 11.1. The fraction of sp³-hybridized carbons (Fsp3) is 0.636. The Hall–Kier alpha value is -0.800. The molecular formula is C11H19NO2. The molecule has 0 aliphatic rings. The van der Waals surface area contributed by atoms with Crippen LogP contribution < -0.4 is 5.32 Å². The van der Waals surface area contributed by atoms with E-state index in [0.29, 0.717) is 6.61 Å². The van der Waals surface area contributed by atoms with Gasteiger partial charge in [0.25, 0.3) is 0 Å². The zero-order valence-electron chi connectivity index (χ0n) is 9.17. The van der Waals surface area contributed by atoms with Crippen molar-refractivity contribution >= 4 is 0 Å². The fourth-order valence-electron chi connectivity index (χ4n) is 1.09. The number of hydrogen-bond acceptors (Lipinski definition) is 3. The molecule has 0 amide bonds. The van der Waals surface area contributed by atoms with Gasteiger partial charge in [0.1, 0.15) is 18.1 Å². The first kappa shape index (κ1) is 11.3. The van der Waals surface area contributed by atoms with Crippen molar-refractivity contribution in [3.05, 3.63) is 23.7 Å². The minimum absolute atomic E-state index is 0.248. The van der Waals surface area contributed by atoms with Crippen molar-refractivity contribution in [1.29, 1.82) is 0 Å². The molecule has 80 valence electrons. The molecule has 0 aromatic carbocycles. The molecule has 0 bridgehead atoms. The van der Waals surface area contributed by atoms with Crippen LogP contribution in [0.4, 0.5) is 0 Å². The van der Waals surface area contributed by atoms with Crippen LogP contribution in [-0.4, -0.2) is 12.6 Å². The highest BCUT2D eigenvalue weighted by atomic mass is 16.5. The van der Waals surface area contributed by atoms with Crippen LogP contribution in [0, 0.1) is 0 Å². The molecule has 1 N–H and O–H groups in total. The first-order valence-electron chi connectivity index (χ1n) is 5.12. The Morgan fingerprint density at radius 3 is 2.71 bits per heavy atom. The summed E-state index contributed by atoms with van der Waals surface area (Å²) in [4.78, 5) is 0. The van der Waals surface area contributed by atoms with Gasteiger partial charge < -0.3 is 14.5 Å². The van der Waals surface area contributed by atoms with Crippen molar-refractivity contribution in [3.8, 4) is 0 Å². The third-order valence-corrected chi connectivity index (χ3v) is 1.83. The Bertz CT molecular complexity index is 256. The van der Waals surface area contributed by atoms with Crippen molar-refractivity contribution in [1.82, 2.24) is 5.32 Å². The molecular weight excluding hydrogens is 178 g/mol. The van der Waals surface area contributed by atoms with Crippen molar-refractivity contribution in [2.75, 3.05) is 6.54 Å². The Labute approximate surface area is 85.4 Å². The predicted octanol–water partition coefficient (Wildman–Crippen LogP) is 2.31. The molecule has 1 heterocycles. The van der Waals surface area contributed by atoms with Gasteiger partial charge in [-0.2, -0.15) is 0 Å². The summed E-state index contributed by atoms with van der Waals surface area (Å²) in [6, 6.07) is 3.96. The molecule has 0 saturated carbocycles. The van der Waals surface area contributed by atoms with Gasteiger partial charge in [-0.25, -0.2) is 0 Å². The molecule has 1 aromatic rings. The Morgan fingerprint density at radius 2 is 2.07 bits per heavy atom. The van der Waals surface area contributed by atoms with E-state index >= 15 is 0 Å². The Morgan fingerprint density at radius 1 is 1.36 bits per heavy atom. The lowest BCUT2D eigenvalue weighted by Gasteiger charge is -2.04. The molecule has 3 heteroatoms. The molecule has 0 saturated heterocycles. The van der Waals surface area contributed by atoms with Gasteiger partial charge in [-0.05, 0) is 32.5 Å². The molecule has 0 aliphatic heterocycles. The third-order valence-electron chi connectivity index (χ3n) is 1.83. The van der Waals surface area contributed by atoms with E-state index in [9.17, 15) is 0 Å². The summed E-state index contributed by atoms with van der Waals surface area (Å²) in [5, 5.41) is 3.21. The maximum absolute atomic E-state index is 5.55. The van der Waals surface area contributed by atoms with Crippen molar-refractivity contribution < 1.29 is 9.15 Å². The molecule has 3 nitrogen and oxygen atoms in total. The average molecular weight is 197 g/mol. The lowest BCUT2D eigenvalue weighted by atomic mass is 10.4. The monoisotopic (exact) mass is 197 g/mol. The van der Waals surface area contributed by atoms with E-state index in [1.54, 1.807) is 0 Å². The molecule has 0 unspecified atom stereocenters. The van der Waals surface area contributed by atoms with Crippen LogP contribution >= 0.6 is 0 Å². The van der Waals surface area contributed by atoms with Gasteiger partial charge in [-0.1, -0.05) is 6.92 Å². The average Bonchev–Trinajstić information content (AvgIpc) is 2.59. The van der Waals surface area contributed by atoms with Crippen LogP contribution in [0.5, 0.6) is 0 Å². The zero-order valence-corrected chi connectivity index (χ0v) is 9.17. The standard InChI is InChI=1S/C11H19NO2/c1-4-12-7-10-5-6-11(14-10)8-13-9(2)3/h5-6,9,12H,4,7-8H2,1-3H3. The molecule has 0 atom stereocenters. The highest BCUT2D eigenvalue weighted by Gasteiger charge is 2.02. The van der Waals surface area contributed by atoms with Crippen LogP contribution in [0.15, 0.2) is 16.5 Å². The van der Waals surface area contributed by atoms with E-state index in [4.69, 9.17) is 9.15 Å². The Balaban J connectivity index is 2.35. The van der Waals surface area contributed by atoms with E-state index in [1.807, 2.05) is 26.0 Å². The number of hydrogen-bond donors (Lipinski definition) is 1. The largest absolute Gasteiger partial charge is 0.462 e. The fourth-order valence-corrected chi connectivity index (χ4v) is 1.09. The second kappa shape index (κ2) is 5.83. The van der Waals surface area contributed by atoms with Gasteiger partial charge in [0.2, 0.25) is 0 Å². The second-order valence-corrected chi connectivity index (χ2v) is 3.51. The maximum atomic E-state index is 5.55. The van der Waals surface area contributed by atoms with Gasteiger partial charge in [0, 0.05) is 0 Å². The van der Waals surface area contributed by atoms with Gasteiger partial charge in [-0.15, -0.1) is 0 Å². The Kier molecular flexibility index (Phi) is 4.70. The number of ether oxygens (including phenoxy) is 1. The number of rotatable bonds is 6. The smallest absolute Gasteiger partial charge is 0.129 e. The van der Waals surface area contributed by atoms with E-state index in [1.165, 1.54) is 0 Å². The van der Waals surface area contributed by atoms with Crippen molar-refractivity contribution in [2.24, 2.45) is 0 Å². The van der Waals surface area contributed by atoms with Gasteiger partial charge >= 0.3 is 0 Å². The molecule has 1 rings (SSSR count). The summed E-state index contributed by atoms with van der Waals surface area (Å²) < 4.78 is 11.0. The van der Waals surface area contributed by atoms with Gasteiger partial charge in [0.15, 0.2) is 0 Å². The number of nitrogens with one attached hydrogen (secondary N) is 1. The van der Waals surface area contributed by atoms with E-state index < -0.39 is 0 Å². The van der Waals surface area contributed by atoms with Gasteiger partial charge in [-0.3, -0.25) is 0 Å². The van der Waals surface area contributed by atoms with Crippen LogP contribution in [0.3, 0.4) is 0 Å². The van der Waals surface area contributed by atoms with Crippen LogP contribution in [-0.2, 0) is 17.9 Å². The SMILES string of the molecule is CCNCc1ccc(COC(C)C)o1. The molecule has 0 fully saturated rings. The van der Waals surface area contributed by atoms with Crippen LogP contribution in [0.25, 0.3) is 0 Å². The molecule has 0 radical (unpaired) electrons. The molecule has 14 heavy (non-hydrogen) atoms. The summed E-state index contributed by atoms with van der Waals surface area (Å²) in [6.45, 7) is 8.41. The summed E-state index contributed by atoms with van der Waals surface area (Å²) in [5.41, 5.74) is 0. The van der Waals surface area contributed by atoms with Gasteiger partial charge in [0.05, 0.1) is 12.6 Å². The minimum Gasteiger partial charge on any atom is -0.462 e. The highest BCUT2D eigenvalue weighted by molar-refractivity contribution is 5.06. The first-order valence-corrected chi connectivity index (χ1v) is 5.12. The van der Waals surface area contributed by atoms with E-state index in [2.05, 4.69) is 12.2 Å². The maximum Gasteiger partial charge on any atom is 0.129 e. The molecule has 1 aromatic heterocycles. The van der Waals surface area contributed by atoms with Crippen molar-refractivity contribution in [2.45, 2.75) is 40.0 Å². The highest BCUT2D eigenvalue weighted by Crippen LogP contribution is 2.09. The summed E-state index contributed by atoms with van der Waals surface area (Å²) >= 11 is 0. The van der Waals surface area contributed by atoms with Crippen LogP contribution in [0.2, 0.25) is 0 Å². The topological polar surface area (TPSA) is 34.4 Å². The summed E-state index contributed by atoms with van der Waals surface area (Å²) in [6.07, 6.45) is 0.248. The van der Waals surface area contributed by atoms with E-state index in [-0.39, 0.29) is 6.10 Å². The molecule has 0 spiro atoms. The van der Waals surface area contributed by atoms with Crippen molar-refractivity contribution in [3.63, 3.8) is 0 Å². The quantitative estimate of drug-likeness (QED) is 0.760. The lowest BCUT2D eigenvalue weighted by Crippen LogP contribution is -2.10. The summed E-state index contributed by atoms with van der Waals surface area (Å²) in [7, 11) is 0. The second-order valence-electron chi connectivity index (χ2n) is 3.51. The predicted molar refractivity (Wildman–Crippen MR) is 56.0 cm³/mol. The lowest BCUT2D eigenvalue weighted by molar-refractivity contribution is 0.0538. The summed E-state index contributed by atoms with van der Waals surface area (Å²) in [5.74, 6) is 1.86. The van der Waals surface area contributed by atoms with E-state index in [0.717, 1.165) is 24.6 Å². The first-order chi connectivity index (χ1) is 6.72. The third kappa shape index (κ3) is 3.94. The zero-order chi connectivity index (χ0) is 10.4. The van der Waals surface area contributed by atoms with Crippen LogP contribution in [0.1, 0.15) is 32.3 Å². The number of furan rings is 1. The minimum atomic E-state index is 0.248. The molecule has 0 aliphatic carbocycles.